The number of rotatable bonds is 8. The van der Waals surface area contributed by atoms with Gasteiger partial charge in [-0.15, -0.1) is 6.58 Å². The predicted molar refractivity (Wildman–Crippen MR) is 99.6 cm³/mol. The summed E-state index contributed by atoms with van der Waals surface area (Å²) in [6.07, 6.45) is 3.94. The molecule has 0 N–H and O–H groups in total. The van der Waals surface area contributed by atoms with Crippen molar-refractivity contribution in [3.8, 4) is 0 Å². The van der Waals surface area contributed by atoms with Gasteiger partial charge in [0.25, 0.3) is 0 Å². The minimum absolute atomic E-state index is 0.246. The van der Waals surface area contributed by atoms with E-state index < -0.39 is 0 Å². The molecule has 2 aromatic carbocycles. The van der Waals surface area contributed by atoms with Crippen molar-refractivity contribution >= 4 is 11.5 Å². The summed E-state index contributed by atoms with van der Waals surface area (Å²) in [6.45, 7) is 6.00. The standard InChI is InChI=1S/C22H24O2/c1-3-11-21(22(23)24-4-2)20(19-14-9-6-10-15-19)17-16-18-12-7-5-8-13-18/h3,5-10,12-15H,1,4,11,16-17H2,2H3/b21-20-. The van der Waals surface area contributed by atoms with Crippen LogP contribution in [0.2, 0.25) is 0 Å². The third kappa shape index (κ3) is 4.95. The van der Waals surface area contributed by atoms with Crippen LogP contribution in [0.3, 0.4) is 0 Å². The van der Waals surface area contributed by atoms with Gasteiger partial charge in [0.2, 0.25) is 0 Å². The molecule has 0 radical (unpaired) electrons. The molecular formula is C22H24O2. The van der Waals surface area contributed by atoms with Crippen molar-refractivity contribution in [3.63, 3.8) is 0 Å². The zero-order chi connectivity index (χ0) is 17.2. The molecule has 24 heavy (non-hydrogen) atoms. The highest BCUT2D eigenvalue weighted by molar-refractivity contribution is 5.98. The fourth-order valence-corrected chi connectivity index (χ4v) is 2.72. The summed E-state index contributed by atoms with van der Waals surface area (Å²) in [6, 6.07) is 20.4. The Kier molecular flexibility index (Phi) is 7.03. The lowest BCUT2D eigenvalue weighted by atomic mass is 9.92. The van der Waals surface area contributed by atoms with Crippen LogP contribution in [0.1, 0.15) is 30.9 Å². The van der Waals surface area contributed by atoms with Gasteiger partial charge in [0.1, 0.15) is 0 Å². The van der Waals surface area contributed by atoms with Crippen LogP contribution in [0, 0.1) is 0 Å². The maximum absolute atomic E-state index is 12.4. The van der Waals surface area contributed by atoms with Crippen molar-refractivity contribution in [1.29, 1.82) is 0 Å². The number of carbonyl (C=O) groups excluding carboxylic acids is 1. The van der Waals surface area contributed by atoms with Gasteiger partial charge in [0.15, 0.2) is 0 Å². The molecule has 0 atom stereocenters. The van der Waals surface area contributed by atoms with Crippen LogP contribution in [-0.4, -0.2) is 12.6 Å². The average molecular weight is 320 g/mol. The van der Waals surface area contributed by atoms with E-state index in [-0.39, 0.29) is 5.97 Å². The SMILES string of the molecule is C=CC/C(C(=O)OCC)=C(\CCc1ccccc1)c1ccccc1. The van der Waals surface area contributed by atoms with E-state index in [1.165, 1.54) is 5.56 Å². The largest absolute Gasteiger partial charge is 0.463 e. The van der Waals surface area contributed by atoms with Crippen LogP contribution in [0.25, 0.3) is 5.57 Å². The van der Waals surface area contributed by atoms with Crippen LogP contribution in [-0.2, 0) is 16.0 Å². The van der Waals surface area contributed by atoms with Gasteiger partial charge in [0, 0.05) is 5.57 Å². The summed E-state index contributed by atoms with van der Waals surface area (Å²) in [5, 5.41) is 0. The van der Waals surface area contributed by atoms with Gasteiger partial charge in [-0.05, 0) is 42.9 Å². The Morgan fingerprint density at radius 2 is 1.67 bits per heavy atom. The van der Waals surface area contributed by atoms with Gasteiger partial charge in [0.05, 0.1) is 6.61 Å². The van der Waals surface area contributed by atoms with E-state index in [0.717, 1.165) is 24.0 Å². The molecule has 0 unspecified atom stereocenters. The number of benzene rings is 2. The molecule has 0 bridgehead atoms. The molecule has 2 rings (SSSR count). The highest BCUT2D eigenvalue weighted by Crippen LogP contribution is 2.27. The predicted octanol–water partition coefficient (Wildman–Crippen LogP) is 5.21. The van der Waals surface area contributed by atoms with E-state index in [2.05, 4.69) is 18.7 Å². The summed E-state index contributed by atoms with van der Waals surface area (Å²) >= 11 is 0. The normalized spacial score (nSPS) is 11.5. The number of esters is 1. The monoisotopic (exact) mass is 320 g/mol. The minimum Gasteiger partial charge on any atom is -0.463 e. The van der Waals surface area contributed by atoms with Crippen molar-refractivity contribution in [2.24, 2.45) is 0 Å². The third-order valence-corrected chi connectivity index (χ3v) is 3.86. The van der Waals surface area contributed by atoms with E-state index in [9.17, 15) is 4.79 Å². The Morgan fingerprint density at radius 1 is 1.04 bits per heavy atom. The summed E-state index contributed by atoms with van der Waals surface area (Å²) in [5.74, 6) is -0.246. The quantitative estimate of drug-likeness (QED) is 0.379. The van der Waals surface area contributed by atoms with Crippen molar-refractivity contribution in [3.05, 3.63) is 90.0 Å². The maximum atomic E-state index is 12.4. The molecule has 2 nitrogen and oxygen atoms in total. The highest BCUT2D eigenvalue weighted by atomic mass is 16.5. The molecule has 0 aliphatic rings. The van der Waals surface area contributed by atoms with Crippen molar-refractivity contribution < 1.29 is 9.53 Å². The first-order valence-corrected chi connectivity index (χ1v) is 8.35. The smallest absolute Gasteiger partial charge is 0.334 e. The molecule has 0 fully saturated rings. The molecule has 0 saturated heterocycles. The number of ether oxygens (including phenoxy) is 1. The molecule has 124 valence electrons. The Balaban J connectivity index is 2.38. The molecule has 0 heterocycles. The molecule has 0 amide bonds. The van der Waals surface area contributed by atoms with E-state index in [0.29, 0.717) is 18.6 Å². The van der Waals surface area contributed by atoms with Gasteiger partial charge in [-0.1, -0.05) is 66.7 Å². The van der Waals surface area contributed by atoms with Crippen molar-refractivity contribution in [2.75, 3.05) is 6.61 Å². The van der Waals surface area contributed by atoms with E-state index in [1.54, 1.807) is 6.08 Å². The number of carbonyl (C=O) groups is 1. The van der Waals surface area contributed by atoms with Crippen LogP contribution in [0.4, 0.5) is 0 Å². The van der Waals surface area contributed by atoms with Crippen molar-refractivity contribution in [1.82, 2.24) is 0 Å². The zero-order valence-corrected chi connectivity index (χ0v) is 14.2. The summed E-state index contributed by atoms with van der Waals surface area (Å²) in [4.78, 5) is 12.4. The Bertz CT molecular complexity index is 684. The summed E-state index contributed by atoms with van der Waals surface area (Å²) < 4.78 is 5.27. The first-order valence-electron chi connectivity index (χ1n) is 8.35. The third-order valence-electron chi connectivity index (χ3n) is 3.86. The molecule has 0 spiro atoms. The van der Waals surface area contributed by atoms with Crippen LogP contribution in [0.15, 0.2) is 78.9 Å². The van der Waals surface area contributed by atoms with E-state index >= 15 is 0 Å². The molecule has 0 aliphatic heterocycles. The molecule has 2 aromatic rings. The number of aryl methyl sites for hydroxylation is 1. The van der Waals surface area contributed by atoms with Gasteiger partial charge >= 0.3 is 5.97 Å². The van der Waals surface area contributed by atoms with E-state index in [4.69, 9.17) is 4.74 Å². The Labute approximate surface area is 144 Å². The van der Waals surface area contributed by atoms with Gasteiger partial charge < -0.3 is 4.74 Å². The second-order valence-electron chi connectivity index (χ2n) is 5.52. The first kappa shape index (κ1) is 17.7. The summed E-state index contributed by atoms with van der Waals surface area (Å²) in [5.41, 5.74) is 4.07. The molecule has 0 saturated carbocycles. The second-order valence-corrected chi connectivity index (χ2v) is 5.52. The summed E-state index contributed by atoms with van der Waals surface area (Å²) in [7, 11) is 0. The van der Waals surface area contributed by atoms with E-state index in [1.807, 2.05) is 55.5 Å². The number of hydrogen-bond donors (Lipinski definition) is 0. The lowest BCUT2D eigenvalue weighted by Crippen LogP contribution is -2.10. The van der Waals surface area contributed by atoms with Gasteiger partial charge in [-0.3, -0.25) is 0 Å². The zero-order valence-electron chi connectivity index (χ0n) is 14.2. The molecule has 0 aromatic heterocycles. The molecular weight excluding hydrogens is 296 g/mol. The topological polar surface area (TPSA) is 26.3 Å². The van der Waals surface area contributed by atoms with Crippen molar-refractivity contribution in [2.45, 2.75) is 26.2 Å². The Morgan fingerprint density at radius 3 is 2.25 bits per heavy atom. The number of allylic oxidation sites excluding steroid dienone is 2. The molecule has 2 heteroatoms. The van der Waals surface area contributed by atoms with Gasteiger partial charge in [-0.25, -0.2) is 4.79 Å². The van der Waals surface area contributed by atoms with Crippen LogP contribution >= 0.6 is 0 Å². The average Bonchev–Trinajstić information content (AvgIpc) is 2.63. The highest BCUT2D eigenvalue weighted by Gasteiger charge is 2.17. The van der Waals surface area contributed by atoms with Crippen LogP contribution in [0.5, 0.6) is 0 Å². The van der Waals surface area contributed by atoms with Crippen LogP contribution < -0.4 is 0 Å². The fraction of sp³-hybridized carbons (Fsp3) is 0.227. The Hall–Kier alpha value is -2.61. The fourth-order valence-electron chi connectivity index (χ4n) is 2.72. The number of hydrogen-bond acceptors (Lipinski definition) is 2. The second kappa shape index (κ2) is 9.51. The first-order chi connectivity index (χ1) is 11.8. The molecule has 0 aliphatic carbocycles. The lowest BCUT2D eigenvalue weighted by Gasteiger charge is -2.14. The minimum atomic E-state index is -0.246. The lowest BCUT2D eigenvalue weighted by molar-refractivity contribution is -0.138. The maximum Gasteiger partial charge on any atom is 0.334 e. The van der Waals surface area contributed by atoms with Gasteiger partial charge in [-0.2, -0.15) is 0 Å².